The summed E-state index contributed by atoms with van der Waals surface area (Å²) in [7, 11) is 1.81. The number of phenolic OH excluding ortho intramolecular Hbond substituents is 1. The molecular weight excluding hydrogens is 401 g/mol. The van der Waals surface area contributed by atoms with E-state index in [1.807, 2.05) is 4.90 Å². The quantitative estimate of drug-likeness (QED) is 0.632. The molecule has 1 unspecified atom stereocenters. The maximum Gasteiger partial charge on any atom is 0.197 e. The van der Waals surface area contributed by atoms with Gasteiger partial charge in [-0.1, -0.05) is 29.3 Å². The Hall–Kier alpha value is -2.60. The number of benzene rings is 2. The number of rotatable bonds is 3. The van der Waals surface area contributed by atoms with Crippen LogP contribution in [0.1, 0.15) is 22.0 Å². The molecule has 1 aliphatic rings. The van der Waals surface area contributed by atoms with Gasteiger partial charge in [-0.15, -0.1) is 0 Å². The number of ketones is 1. The molecule has 0 fully saturated rings. The fourth-order valence-corrected chi connectivity index (χ4v) is 3.82. The third kappa shape index (κ3) is 3.11. The number of phenols is 1. The molecule has 0 aliphatic carbocycles. The Balaban J connectivity index is 1.83. The average molecular weight is 416 g/mol. The van der Waals surface area contributed by atoms with Gasteiger partial charge in [0.2, 0.25) is 0 Å². The third-order valence-corrected chi connectivity index (χ3v) is 5.33. The van der Waals surface area contributed by atoms with E-state index in [-0.39, 0.29) is 22.5 Å². The Morgan fingerprint density at radius 1 is 1.18 bits per heavy atom. The number of hydrogen-bond donors (Lipinski definition) is 1. The second-order valence-electron chi connectivity index (χ2n) is 6.65. The fraction of sp³-hybridized carbons (Fsp3) is 0.143. The molecule has 28 heavy (non-hydrogen) atoms. The van der Waals surface area contributed by atoms with E-state index in [9.17, 15) is 14.7 Å². The Morgan fingerprint density at radius 2 is 1.89 bits per heavy atom. The van der Waals surface area contributed by atoms with Crippen molar-refractivity contribution in [1.29, 1.82) is 0 Å². The van der Waals surface area contributed by atoms with Crippen LogP contribution in [0.2, 0.25) is 10.0 Å². The SMILES string of the molecule is CN1CC=C(C(=O)c2cc(Cl)ccc2O)C1c1coc2ccc(Cl)cc2c1=O. The largest absolute Gasteiger partial charge is 0.507 e. The van der Waals surface area contributed by atoms with Gasteiger partial charge in [0.1, 0.15) is 17.6 Å². The molecule has 1 aliphatic heterocycles. The lowest BCUT2D eigenvalue weighted by Crippen LogP contribution is -2.27. The lowest BCUT2D eigenvalue weighted by atomic mass is 9.93. The van der Waals surface area contributed by atoms with Gasteiger partial charge in [0.15, 0.2) is 11.2 Å². The fourth-order valence-electron chi connectivity index (χ4n) is 3.47. The van der Waals surface area contributed by atoms with Crippen LogP contribution in [-0.2, 0) is 0 Å². The summed E-state index contributed by atoms with van der Waals surface area (Å²) >= 11 is 12.0. The minimum Gasteiger partial charge on any atom is -0.507 e. The molecule has 3 aromatic rings. The van der Waals surface area contributed by atoms with Crippen molar-refractivity contribution in [1.82, 2.24) is 4.90 Å². The highest BCUT2D eigenvalue weighted by Gasteiger charge is 2.34. The first kappa shape index (κ1) is 18.7. The van der Waals surface area contributed by atoms with Crippen molar-refractivity contribution < 1.29 is 14.3 Å². The predicted molar refractivity (Wildman–Crippen MR) is 108 cm³/mol. The van der Waals surface area contributed by atoms with Gasteiger partial charge in [0.25, 0.3) is 0 Å². The molecule has 0 spiro atoms. The molecule has 0 radical (unpaired) electrons. The highest BCUT2D eigenvalue weighted by molar-refractivity contribution is 6.31. The molecule has 1 atom stereocenters. The van der Waals surface area contributed by atoms with Crippen molar-refractivity contribution in [2.24, 2.45) is 0 Å². The molecule has 1 aromatic heterocycles. The van der Waals surface area contributed by atoms with Crippen LogP contribution >= 0.6 is 23.2 Å². The van der Waals surface area contributed by atoms with Gasteiger partial charge in [0.05, 0.1) is 22.6 Å². The van der Waals surface area contributed by atoms with Crippen molar-refractivity contribution in [3.63, 3.8) is 0 Å². The summed E-state index contributed by atoms with van der Waals surface area (Å²) < 4.78 is 5.62. The Labute approximate surface area is 170 Å². The van der Waals surface area contributed by atoms with E-state index in [0.29, 0.717) is 38.7 Å². The third-order valence-electron chi connectivity index (χ3n) is 4.86. The molecule has 0 saturated heterocycles. The zero-order valence-electron chi connectivity index (χ0n) is 14.8. The van der Waals surface area contributed by atoms with E-state index < -0.39 is 6.04 Å². The molecule has 5 nitrogen and oxygen atoms in total. The summed E-state index contributed by atoms with van der Waals surface area (Å²) in [4.78, 5) is 28.1. The summed E-state index contributed by atoms with van der Waals surface area (Å²) in [6.07, 6.45) is 3.12. The molecule has 4 rings (SSSR count). The molecule has 2 heterocycles. The summed E-state index contributed by atoms with van der Waals surface area (Å²) in [5, 5.41) is 11.2. The normalized spacial score (nSPS) is 17.1. The summed E-state index contributed by atoms with van der Waals surface area (Å²) in [6.45, 7) is 0.472. The number of carbonyl (C=O) groups is 1. The standard InChI is InChI=1S/C21H15Cl2NO4/c1-24-7-6-13(20(26)14-8-11(22)2-4-17(14)25)19(24)16-10-28-18-5-3-12(23)9-15(18)21(16)27/h2-6,8-10,19,25H,7H2,1H3. The number of halogens is 2. The summed E-state index contributed by atoms with van der Waals surface area (Å²) in [5.74, 6) is -0.555. The first-order valence-corrected chi connectivity index (χ1v) is 9.27. The van der Waals surface area contributed by atoms with E-state index >= 15 is 0 Å². The lowest BCUT2D eigenvalue weighted by molar-refractivity contribution is 0.101. The van der Waals surface area contributed by atoms with Crippen molar-refractivity contribution >= 4 is 40.0 Å². The van der Waals surface area contributed by atoms with Crippen molar-refractivity contribution in [3.05, 3.63) is 85.7 Å². The Morgan fingerprint density at radius 3 is 2.68 bits per heavy atom. The van der Waals surface area contributed by atoms with Crippen LogP contribution in [0.4, 0.5) is 0 Å². The van der Waals surface area contributed by atoms with Gasteiger partial charge in [-0.3, -0.25) is 14.5 Å². The molecule has 0 amide bonds. The first-order valence-electron chi connectivity index (χ1n) is 8.51. The van der Waals surface area contributed by atoms with Gasteiger partial charge in [0, 0.05) is 22.2 Å². The van der Waals surface area contributed by atoms with E-state index in [4.69, 9.17) is 27.6 Å². The van der Waals surface area contributed by atoms with Gasteiger partial charge in [-0.2, -0.15) is 0 Å². The Kier molecular flexibility index (Phi) is 4.75. The zero-order valence-corrected chi connectivity index (χ0v) is 16.3. The number of carbonyl (C=O) groups excluding carboxylic acids is 1. The van der Waals surface area contributed by atoms with Crippen LogP contribution in [0.15, 0.2) is 63.5 Å². The Bertz CT molecular complexity index is 1200. The minimum absolute atomic E-state index is 0.0901. The smallest absolute Gasteiger partial charge is 0.197 e. The van der Waals surface area contributed by atoms with Crippen LogP contribution < -0.4 is 5.43 Å². The van der Waals surface area contributed by atoms with E-state index in [0.717, 1.165) is 0 Å². The maximum absolute atomic E-state index is 13.1. The number of aromatic hydroxyl groups is 1. The van der Waals surface area contributed by atoms with Gasteiger partial charge in [-0.05, 0) is 43.4 Å². The van der Waals surface area contributed by atoms with Gasteiger partial charge >= 0.3 is 0 Å². The monoisotopic (exact) mass is 415 g/mol. The lowest BCUT2D eigenvalue weighted by Gasteiger charge is -2.22. The van der Waals surface area contributed by atoms with Crippen molar-refractivity contribution in [3.8, 4) is 5.75 Å². The number of hydrogen-bond acceptors (Lipinski definition) is 5. The topological polar surface area (TPSA) is 70.8 Å². The molecular formula is C21H15Cl2NO4. The van der Waals surface area contributed by atoms with Crippen LogP contribution in [0.3, 0.4) is 0 Å². The van der Waals surface area contributed by atoms with Crippen LogP contribution in [-0.4, -0.2) is 29.4 Å². The average Bonchev–Trinajstić information content (AvgIpc) is 3.05. The van der Waals surface area contributed by atoms with E-state index in [1.165, 1.54) is 24.5 Å². The number of likely N-dealkylation sites (N-methyl/N-ethyl adjacent to an activating group) is 1. The molecule has 142 valence electrons. The highest BCUT2D eigenvalue weighted by atomic mass is 35.5. The van der Waals surface area contributed by atoms with E-state index in [2.05, 4.69) is 0 Å². The summed E-state index contributed by atoms with van der Waals surface area (Å²) in [6, 6.07) is 8.51. The minimum atomic E-state index is -0.606. The predicted octanol–water partition coefficient (Wildman–Crippen LogP) is 4.60. The molecule has 0 bridgehead atoms. The number of Topliss-reactive ketones (excluding diaryl/α,β-unsaturated/α-hetero) is 1. The maximum atomic E-state index is 13.1. The number of fused-ring (bicyclic) bond motifs is 1. The van der Waals surface area contributed by atoms with Crippen LogP contribution in [0, 0.1) is 0 Å². The van der Waals surface area contributed by atoms with Gasteiger partial charge < -0.3 is 9.52 Å². The number of nitrogens with zero attached hydrogens (tertiary/aromatic N) is 1. The molecule has 0 saturated carbocycles. The van der Waals surface area contributed by atoms with Crippen molar-refractivity contribution in [2.45, 2.75) is 6.04 Å². The molecule has 2 aromatic carbocycles. The zero-order chi connectivity index (χ0) is 20.0. The van der Waals surface area contributed by atoms with Crippen molar-refractivity contribution in [2.75, 3.05) is 13.6 Å². The van der Waals surface area contributed by atoms with Gasteiger partial charge in [-0.25, -0.2) is 0 Å². The highest BCUT2D eigenvalue weighted by Crippen LogP contribution is 2.35. The second-order valence-corrected chi connectivity index (χ2v) is 7.53. The molecule has 1 N–H and O–H groups in total. The van der Waals surface area contributed by atoms with Crippen LogP contribution in [0.5, 0.6) is 5.75 Å². The summed E-state index contributed by atoms with van der Waals surface area (Å²) in [5.41, 5.74) is 0.969. The second kappa shape index (κ2) is 7.09. The van der Waals surface area contributed by atoms with E-state index in [1.54, 1.807) is 31.3 Å². The van der Waals surface area contributed by atoms with Crippen LogP contribution in [0.25, 0.3) is 11.0 Å². The molecule has 7 heteroatoms. The first-order chi connectivity index (χ1) is 13.4.